The Kier molecular flexibility index (Phi) is 8.10. The van der Waals surface area contributed by atoms with Crippen LogP contribution >= 0.6 is 11.6 Å². The minimum atomic E-state index is -3.58. The monoisotopic (exact) mass is 426 g/mol. The van der Waals surface area contributed by atoms with Gasteiger partial charge in [-0.1, -0.05) is 29.8 Å². The van der Waals surface area contributed by atoms with Crippen molar-refractivity contribution in [2.45, 2.75) is 13.0 Å². The van der Waals surface area contributed by atoms with Gasteiger partial charge in [0.05, 0.1) is 6.26 Å². The van der Waals surface area contributed by atoms with E-state index in [-0.39, 0.29) is 11.8 Å². The van der Waals surface area contributed by atoms with Crippen LogP contribution in [0.3, 0.4) is 0 Å². The van der Waals surface area contributed by atoms with Crippen molar-refractivity contribution in [3.63, 3.8) is 0 Å². The minimum Gasteiger partial charge on any atom is -0.385 e. The predicted octanol–water partition coefficient (Wildman–Crippen LogP) is 3.75. The van der Waals surface area contributed by atoms with Gasteiger partial charge < -0.3 is 19.1 Å². The van der Waals surface area contributed by atoms with Crippen LogP contribution in [0.4, 0.5) is 10.5 Å². The van der Waals surface area contributed by atoms with Gasteiger partial charge in [0.25, 0.3) is 0 Å². The standard InChI is InChI=1S/C19H23ClN2O5S/c1-26-12-4-11-22(19(23)21-17-6-3-5-16(20)13-17)14-15-7-9-18(10-8-15)27-28(2,24)25/h3,5-10,13H,4,11-12,14H2,1-2H3,(H,21,23). The number of carbonyl (C=O) groups excluding carboxylic acids is 1. The van der Waals surface area contributed by atoms with E-state index in [9.17, 15) is 13.2 Å². The van der Waals surface area contributed by atoms with E-state index in [0.717, 1.165) is 11.8 Å². The predicted molar refractivity (Wildman–Crippen MR) is 109 cm³/mol. The van der Waals surface area contributed by atoms with E-state index >= 15 is 0 Å². The minimum absolute atomic E-state index is 0.223. The molecule has 0 saturated carbocycles. The van der Waals surface area contributed by atoms with Gasteiger partial charge in [-0.05, 0) is 42.3 Å². The molecule has 2 aromatic rings. The summed E-state index contributed by atoms with van der Waals surface area (Å²) >= 11 is 5.96. The van der Waals surface area contributed by atoms with Crippen LogP contribution < -0.4 is 9.50 Å². The van der Waals surface area contributed by atoms with Crippen molar-refractivity contribution in [1.82, 2.24) is 4.90 Å². The number of nitrogens with zero attached hydrogens (tertiary/aromatic N) is 1. The van der Waals surface area contributed by atoms with Gasteiger partial charge in [0, 0.05) is 37.5 Å². The second-order valence-corrected chi connectivity index (χ2v) is 8.15. The molecule has 1 N–H and O–H groups in total. The van der Waals surface area contributed by atoms with E-state index in [1.165, 1.54) is 0 Å². The van der Waals surface area contributed by atoms with Crippen LogP contribution in [0, 0.1) is 0 Å². The van der Waals surface area contributed by atoms with Crippen LogP contribution in [0.15, 0.2) is 48.5 Å². The molecule has 0 radical (unpaired) electrons. The summed E-state index contributed by atoms with van der Waals surface area (Å²) in [6.45, 7) is 1.36. The number of halogens is 1. The molecule has 0 aliphatic heterocycles. The topological polar surface area (TPSA) is 84.9 Å². The van der Waals surface area contributed by atoms with Crippen LogP contribution in [-0.4, -0.2) is 45.9 Å². The van der Waals surface area contributed by atoms with Crippen molar-refractivity contribution >= 4 is 33.4 Å². The molecular formula is C19H23ClN2O5S. The zero-order valence-corrected chi connectivity index (χ0v) is 17.3. The molecule has 0 spiro atoms. The fourth-order valence-electron chi connectivity index (χ4n) is 2.47. The first-order valence-electron chi connectivity index (χ1n) is 8.55. The average molecular weight is 427 g/mol. The smallest absolute Gasteiger partial charge is 0.322 e. The van der Waals surface area contributed by atoms with E-state index in [1.807, 2.05) is 0 Å². The van der Waals surface area contributed by atoms with E-state index in [4.69, 9.17) is 20.5 Å². The molecule has 152 valence electrons. The lowest BCUT2D eigenvalue weighted by molar-refractivity contribution is 0.171. The average Bonchev–Trinajstić information content (AvgIpc) is 2.61. The number of hydrogen-bond acceptors (Lipinski definition) is 5. The van der Waals surface area contributed by atoms with Gasteiger partial charge in [0.15, 0.2) is 0 Å². The Morgan fingerprint density at radius 3 is 2.50 bits per heavy atom. The molecule has 2 rings (SSSR count). The third kappa shape index (κ3) is 7.75. The number of ether oxygens (including phenoxy) is 1. The van der Waals surface area contributed by atoms with Crippen molar-refractivity contribution in [2.24, 2.45) is 0 Å². The maximum absolute atomic E-state index is 12.7. The highest BCUT2D eigenvalue weighted by Gasteiger charge is 2.15. The maximum atomic E-state index is 12.7. The van der Waals surface area contributed by atoms with Crippen molar-refractivity contribution in [3.05, 3.63) is 59.1 Å². The van der Waals surface area contributed by atoms with Crippen LogP contribution in [0.2, 0.25) is 5.02 Å². The Morgan fingerprint density at radius 1 is 1.18 bits per heavy atom. The molecule has 28 heavy (non-hydrogen) atoms. The zero-order chi connectivity index (χ0) is 20.6. The van der Waals surface area contributed by atoms with E-state index in [0.29, 0.717) is 36.8 Å². The second-order valence-electron chi connectivity index (χ2n) is 6.14. The number of benzene rings is 2. The number of hydrogen-bond donors (Lipinski definition) is 1. The number of urea groups is 1. The molecular weight excluding hydrogens is 404 g/mol. The number of carbonyl (C=O) groups is 1. The molecule has 0 aliphatic rings. The van der Waals surface area contributed by atoms with E-state index in [1.54, 1.807) is 60.5 Å². The first kappa shape index (κ1) is 22.0. The summed E-state index contributed by atoms with van der Waals surface area (Å²) in [4.78, 5) is 14.3. The van der Waals surface area contributed by atoms with Gasteiger partial charge in [-0.3, -0.25) is 0 Å². The molecule has 0 bridgehead atoms. The molecule has 0 saturated heterocycles. The highest BCUT2D eigenvalue weighted by atomic mass is 35.5. The largest absolute Gasteiger partial charge is 0.385 e. The molecule has 7 nitrogen and oxygen atoms in total. The number of methoxy groups -OCH3 is 1. The van der Waals surface area contributed by atoms with Crippen molar-refractivity contribution in [1.29, 1.82) is 0 Å². The molecule has 0 unspecified atom stereocenters. The lowest BCUT2D eigenvalue weighted by Gasteiger charge is -2.23. The zero-order valence-electron chi connectivity index (χ0n) is 15.7. The Hall–Kier alpha value is -2.29. The fraction of sp³-hybridized carbons (Fsp3) is 0.316. The molecule has 0 aliphatic carbocycles. The van der Waals surface area contributed by atoms with Gasteiger partial charge in [-0.25, -0.2) is 4.79 Å². The Bertz CT molecular complexity index is 887. The van der Waals surface area contributed by atoms with E-state index < -0.39 is 10.1 Å². The molecule has 0 atom stereocenters. The lowest BCUT2D eigenvalue weighted by atomic mass is 10.2. The van der Waals surface area contributed by atoms with Crippen molar-refractivity contribution < 1.29 is 22.1 Å². The fourth-order valence-corrected chi connectivity index (χ4v) is 3.12. The maximum Gasteiger partial charge on any atom is 0.322 e. The summed E-state index contributed by atoms with van der Waals surface area (Å²) in [6, 6.07) is 13.2. The van der Waals surface area contributed by atoms with Crippen molar-refractivity contribution in [2.75, 3.05) is 31.8 Å². The molecule has 2 amide bonds. The Morgan fingerprint density at radius 2 is 1.89 bits per heavy atom. The second kappa shape index (κ2) is 10.3. The van der Waals surface area contributed by atoms with Crippen LogP contribution in [0.25, 0.3) is 0 Å². The molecule has 0 aromatic heterocycles. The summed E-state index contributed by atoms with van der Waals surface area (Å²) < 4.78 is 32.3. The van der Waals surface area contributed by atoms with Crippen LogP contribution in [0.1, 0.15) is 12.0 Å². The highest BCUT2D eigenvalue weighted by molar-refractivity contribution is 7.86. The summed E-state index contributed by atoms with van der Waals surface area (Å²) in [5.74, 6) is 0.223. The number of anilines is 1. The number of amides is 2. The summed E-state index contributed by atoms with van der Waals surface area (Å²) in [5, 5.41) is 3.36. The third-order valence-corrected chi connectivity index (χ3v) is 4.41. The van der Waals surface area contributed by atoms with Crippen molar-refractivity contribution in [3.8, 4) is 5.75 Å². The molecule has 0 heterocycles. The Labute approximate surface area is 170 Å². The number of rotatable bonds is 9. The Balaban J connectivity index is 2.08. The summed E-state index contributed by atoms with van der Waals surface area (Å²) in [7, 11) is -1.97. The first-order chi connectivity index (χ1) is 13.3. The summed E-state index contributed by atoms with van der Waals surface area (Å²) in [5.41, 5.74) is 1.44. The molecule has 2 aromatic carbocycles. The van der Waals surface area contributed by atoms with Gasteiger partial charge >= 0.3 is 16.1 Å². The lowest BCUT2D eigenvalue weighted by Crippen LogP contribution is -2.35. The van der Waals surface area contributed by atoms with Gasteiger partial charge in [0.1, 0.15) is 5.75 Å². The highest BCUT2D eigenvalue weighted by Crippen LogP contribution is 2.18. The van der Waals surface area contributed by atoms with Crippen LogP contribution in [-0.2, 0) is 21.4 Å². The molecule has 9 heteroatoms. The van der Waals surface area contributed by atoms with Gasteiger partial charge in [-0.2, -0.15) is 8.42 Å². The van der Waals surface area contributed by atoms with Gasteiger partial charge in [-0.15, -0.1) is 0 Å². The first-order valence-corrected chi connectivity index (χ1v) is 10.7. The normalized spacial score (nSPS) is 11.1. The number of nitrogens with one attached hydrogen (secondary N) is 1. The van der Waals surface area contributed by atoms with Crippen LogP contribution in [0.5, 0.6) is 5.75 Å². The quantitative estimate of drug-likeness (QED) is 0.487. The third-order valence-electron chi connectivity index (χ3n) is 3.68. The SMILES string of the molecule is COCCCN(Cc1ccc(OS(C)(=O)=O)cc1)C(=O)Nc1cccc(Cl)c1. The molecule has 0 fully saturated rings. The summed E-state index contributed by atoms with van der Waals surface area (Å²) in [6.07, 6.45) is 1.66. The van der Waals surface area contributed by atoms with Gasteiger partial charge in [0.2, 0.25) is 0 Å². The van der Waals surface area contributed by atoms with E-state index in [2.05, 4.69) is 5.32 Å².